The van der Waals surface area contributed by atoms with Gasteiger partial charge in [-0.1, -0.05) is 11.6 Å². The lowest BCUT2D eigenvalue weighted by molar-refractivity contribution is 0.0595. The summed E-state index contributed by atoms with van der Waals surface area (Å²) >= 11 is 5.54. The van der Waals surface area contributed by atoms with Crippen LogP contribution in [0.25, 0.3) is 0 Å². The van der Waals surface area contributed by atoms with Crippen LogP contribution in [0.5, 0.6) is 0 Å². The predicted molar refractivity (Wildman–Crippen MR) is 45.0 cm³/mol. The third-order valence-electron chi connectivity index (χ3n) is 1.27. The second-order valence-electron chi connectivity index (χ2n) is 2.06. The average Bonchev–Trinajstić information content (AvgIpc) is 2.08. The molecular formula is C7H7ClN2O2. The molecule has 64 valence electrons. The number of anilines is 1. The zero-order chi connectivity index (χ0) is 9.14. The molecule has 5 heteroatoms. The molecule has 2 N–H and O–H groups in total. The topological polar surface area (TPSA) is 65.2 Å². The minimum Gasteiger partial charge on any atom is -0.464 e. The molecule has 1 aromatic rings. The van der Waals surface area contributed by atoms with E-state index in [1.54, 1.807) is 0 Å². The van der Waals surface area contributed by atoms with Gasteiger partial charge in [0, 0.05) is 0 Å². The molecule has 0 aliphatic heterocycles. The van der Waals surface area contributed by atoms with Crippen LogP contribution in [0.15, 0.2) is 12.1 Å². The van der Waals surface area contributed by atoms with Crippen molar-refractivity contribution in [2.24, 2.45) is 0 Å². The number of nitrogens with two attached hydrogens (primary N) is 1. The number of halogens is 1. The highest BCUT2D eigenvalue weighted by atomic mass is 35.5. The van der Waals surface area contributed by atoms with E-state index in [4.69, 9.17) is 17.3 Å². The number of methoxy groups -OCH3 is 1. The number of carbonyl (C=O) groups excluding carboxylic acids is 1. The van der Waals surface area contributed by atoms with Gasteiger partial charge in [-0.3, -0.25) is 0 Å². The lowest BCUT2D eigenvalue weighted by Crippen LogP contribution is -2.08. The molecule has 0 saturated carbocycles. The summed E-state index contributed by atoms with van der Waals surface area (Å²) in [5.74, 6) is -0.588. The third kappa shape index (κ3) is 1.65. The molecule has 0 bridgehead atoms. The van der Waals surface area contributed by atoms with Crippen molar-refractivity contribution >= 4 is 23.3 Å². The smallest absolute Gasteiger partial charge is 0.358 e. The first-order valence-corrected chi connectivity index (χ1v) is 3.53. The van der Waals surface area contributed by atoms with Gasteiger partial charge in [0.15, 0.2) is 5.69 Å². The van der Waals surface area contributed by atoms with Crippen molar-refractivity contribution < 1.29 is 9.53 Å². The second kappa shape index (κ2) is 3.40. The Morgan fingerprint density at radius 1 is 1.67 bits per heavy atom. The van der Waals surface area contributed by atoms with Crippen LogP contribution in [0.3, 0.4) is 0 Å². The van der Waals surface area contributed by atoms with Gasteiger partial charge in [-0.05, 0) is 12.1 Å². The summed E-state index contributed by atoms with van der Waals surface area (Å²) < 4.78 is 4.43. The Morgan fingerprint density at radius 3 is 2.92 bits per heavy atom. The van der Waals surface area contributed by atoms with Crippen molar-refractivity contribution in [3.05, 3.63) is 23.0 Å². The van der Waals surface area contributed by atoms with E-state index < -0.39 is 5.97 Å². The lowest BCUT2D eigenvalue weighted by atomic mass is 10.3. The zero-order valence-corrected chi connectivity index (χ0v) is 7.13. The number of aromatic nitrogens is 1. The van der Waals surface area contributed by atoms with E-state index in [2.05, 4.69) is 9.72 Å². The molecule has 0 atom stereocenters. The van der Waals surface area contributed by atoms with Gasteiger partial charge < -0.3 is 10.5 Å². The third-order valence-corrected chi connectivity index (χ3v) is 1.48. The number of nitrogens with zero attached hydrogens (tertiary/aromatic N) is 1. The number of nitrogen functional groups attached to an aromatic ring is 1. The van der Waals surface area contributed by atoms with Gasteiger partial charge in [-0.25, -0.2) is 9.78 Å². The highest BCUT2D eigenvalue weighted by Crippen LogP contribution is 2.13. The molecule has 0 spiro atoms. The summed E-state index contributed by atoms with van der Waals surface area (Å²) in [6.07, 6.45) is 0. The Bertz CT molecular complexity index is 314. The van der Waals surface area contributed by atoms with Crippen LogP contribution in [-0.2, 0) is 4.74 Å². The van der Waals surface area contributed by atoms with E-state index in [1.165, 1.54) is 19.2 Å². The molecular weight excluding hydrogens is 180 g/mol. The van der Waals surface area contributed by atoms with Crippen molar-refractivity contribution in [3.8, 4) is 0 Å². The van der Waals surface area contributed by atoms with Crippen molar-refractivity contribution in [3.63, 3.8) is 0 Å². The number of hydrogen-bond acceptors (Lipinski definition) is 4. The Morgan fingerprint density at radius 2 is 2.33 bits per heavy atom. The molecule has 0 aliphatic carbocycles. The van der Waals surface area contributed by atoms with Gasteiger partial charge in [0.2, 0.25) is 0 Å². The van der Waals surface area contributed by atoms with Crippen LogP contribution >= 0.6 is 11.6 Å². The summed E-state index contributed by atoms with van der Waals surface area (Å²) in [5.41, 5.74) is 5.75. The van der Waals surface area contributed by atoms with Crippen LogP contribution in [0, 0.1) is 0 Å². The number of rotatable bonds is 1. The first-order chi connectivity index (χ1) is 5.65. The van der Waals surface area contributed by atoms with Gasteiger partial charge in [-0.15, -0.1) is 0 Å². The van der Waals surface area contributed by atoms with Gasteiger partial charge in [0.05, 0.1) is 12.8 Å². The Kier molecular flexibility index (Phi) is 2.50. The van der Waals surface area contributed by atoms with E-state index in [0.29, 0.717) is 0 Å². The first kappa shape index (κ1) is 8.80. The summed E-state index contributed by atoms with van der Waals surface area (Å²) in [7, 11) is 1.25. The van der Waals surface area contributed by atoms with Gasteiger partial charge in [0.1, 0.15) is 5.15 Å². The molecule has 0 unspecified atom stereocenters. The second-order valence-corrected chi connectivity index (χ2v) is 2.45. The minimum atomic E-state index is -0.588. The molecule has 0 saturated heterocycles. The summed E-state index contributed by atoms with van der Waals surface area (Å²) in [5, 5.41) is 0.213. The van der Waals surface area contributed by atoms with Crippen LogP contribution in [-0.4, -0.2) is 18.1 Å². The molecule has 0 fully saturated rings. The van der Waals surface area contributed by atoms with Crippen LogP contribution in [0.2, 0.25) is 5.15 Å². The standard InChI is InChI=1S/C7H7ClN2O2/c1-12-7(11)6-4(9)2-3-5(8)10-6/h2-3H,9H2,1H3. The van der Waals surface area contributed by atoms with Gasteiger partial charge in [0.25, 0.3) is 0 Å². The fourth-order valence-corrected chi connectivity index (χ4v) is 0.854. The SMILES string of the molecule is COC(=O)c1nc(Cl)ccc1N. The average molecular weight is 187 g/mol. The summed E-state index contributed by atoms with van der Waals surface area (Å²) in [6, 6.07) is 3.00. The maximum atomic E-state index is 11.0. The van der Waals surface area contributed by atoms with Crippen molar-refractivity contribution in [2.45, 2.75) is 0 Å². The maximum absolute atomic E-state index is 11.0. The van der Waals surface area contributed by atoms with E-state index in [1.807, 2.05) is 0 Å². The Balaban J connectivity index is 3.13. The maximum Gasteiger partial charge on any atom is 0.358 e. The first-order valence-electron chi connectivity index (χ1n) is 3.15. The molecule has 0 radical (unpaired) electrons. The van der Waals surface area contributed by atoms with Crippen molar-refractivity contribution in [1.29, 1.82) is 0 Å². The van der Waals surface area contributed by atoms with Crippen LogP contribution in [0.1, 0.15) is 10.5 Å². The molecule has 1 rings (SSSR count). The molecule has 0 aromatic carbocycles. The molecule has 0 amide bonds. The predicted octanol–water partition coefficient (Wildman–Crippen LogP) is 1.10. The van der Waals surface area contributed by atoms with E-state index in [9.17, 15) is 4.79 Å². The van der Waals surface area contributed by atoms with Gasteiger partial charge >= 0.3 is 5.97 Å². The van der Waals surface area contributed by atoms with Crippen molar-refractivity contribution in [1.82, 2.24) is 4.98 Å². The summed E-state index contributed by atoms with van der Waals surface area (Å²) in [6.45, 7) is 0. The van der Waals surface area contributed by atoms with Crippen LogP contribution in [0.4, 0.5) is 5.69 Å². The van der Waals surface area contributed by atoms with E-state index in [0.717, 1.165) is 0 Å². The number of carbonyl (C=O) groups is 1. The monoisotopic (exact) mass is 186 g/mol. The highest BCUT2D eigenvalue weighted by molar-refractivity contribution is 6.29. The zero-order valence-electron chi connectivity index (χ0n) is 6.37. The minimum absolute atomic E-state index is 0.0463. The molecule has 4 nitrogen and oxygen atoms in total. The van der Waals surface area contributed by atoms with E-state index >= 15 is 0 Å². The summed E-state index contributed by atoms with van der Waals surface area (Å²) in [4.78, 5) is 14.7. The van der Waals surface area contributed by atoms with Crippen molar-refractivity contribution in [2.75, 3.05) is 12.8 Å². The number of pyridine rings is 1. The fraction of sp³-hybridized carbons (Fsp3) is 0.143. The molecule has 12 heavy (non-hydrogen) atoms. The highest BCUT2D eigenvalue weighted by Gasteiger charge is 2.11. The Hall–Kier alpha value is -1.29. The number of esters is 1. The molecule has 0 aliphatic rings. The lowest BCUT2D eigenvalue weighted by Gasteiger charge is -2.01. The number of ether oxygens (including phenoxy) is 1. The van der Waals surface area contributed by atoms with Gasteiger partial charge in [-0.2, -0.15) is 0 Å². The molecule has 1 heterocycles. The normalized spacial score (nSPS) is 9.50. The largest absolute Gasteiger partial charge is 0.464 e. The quantitative estimate of drug-likeness (QED) is 0.527. The van der Waals surface area contributed by atoms with Crippen LogP contribution < -0.4 is 5.73 Å². The fourth-order valence-electron chi connectivity index (χ4n) is 0.706. The Labute approximate surface area is 74.3 Å². The van der Waals surface area contributed by atoms with E-state index in [-0.39, 0.29) is 16.5 Å². The number of hydrogen-bond donors (Lipinski definition) is 1. The molecule has 1 aromatic heterocycles.